The largest absolute Gasteiger partial charge is 0.346 e. The van der Waals surface area contributed by atoms with Gasteiger partial charge in [-0.3, -0.25) is 9.78 Å². The molecule has 3 aromatic heterocycles. The molecule has 4 aromatic rings. The fraction of sp³-hybridized carbons (Fsp3) is 0.487. The van der Waals surface area contributed by atoms with Gasteiger partial charge in [0.25, 0.3) is 0 Å². The number of nitrogens with two attached hydrogens (primary N) is 1. The second kappa shape index (κ2) is 12.3. The first-order valence-corrected chi connectivity index (χ1v) is 18.3. The Bertz CT molecular complexity index is 1870. The number of H-pyrrole nitrogens is 1. The number of Topliss-reactive ketones (excluding diaryl/α,β-unsaturated/α-hetero) is 1. The molecule has 3 aliphatic rings. The SMILES string of the molecule is CC(=O)[N+]1(C(N)=NC[C@@H](C)c2c(-c3cc(C)cc(C)c3)[nH]c3sc(C(C)(C)C(=O)C4C5CCC4NC5)cc23)CCC(c2ccncc2)C1. The Morgan fingerprint density at radius 2 is 1.83 bits per heavy atom. The lowest BCUT2D eigenvalue weighted by Gasteiger charge is -2.28. The van der Waals surface area contributed by atoms with E-state index < -0.39 is 5.41 Å². The molecule has 4 N–H and O–H groups in total. The predicted molar refractivity (Wildman–Crippen MR) is 194 cm³/mol. The Hall–Kier alpha value is -3.66. The van der Waals surface area contributed by atoms with Gasteiger partial charge in [0.2, 0.25) is 0 Å². The molecule has 48 heavy (non-hydrogen) atoms. The number of aliphatic imine (C=N–C) groups is 1. The zero-order chi connectivity index (χ0) is 34.0. The minimum atomic E-state index is -0.579. The number of quaternary nitrogens is 1. The lowest BCUT2D eigenvalue weighted by molar-refractivity contribution is -0.751. The van der Waals surface area contributed by atoms with Crippen molar-refractivity contribution >= 4 is 39.2 Å². The lowest BCUT2D eigenvalue weighted by Crippen LogP contribution is -2.58. The fourth-order valence-electron chi connectivity index (χ4n) is 8.90. The van der Waals surface area contributed by atoms with Gasteiger partial charge in [0.05, 0.1) is 31.1 Å². The Morgan fingerprint density at radius 1 is 1.10 bits per heavy atom. The molecule has 3 fully saturated rings. The molecule has 0 radical (unpaired) electrons. The average Bonchev–Trinajstić information content (AvgIpc) is 3.89. The summed E-state index contributed by atoms with van der Waals surface area (Å²) in [4.78, 5) is 42.4. The number of thiophene rings is 1. The number of benzene rings is 1. The number of guanidine groups is 1. The van der Waals surface area contributed by atoms with Crippen LogP contribution in [0.25, 0.3) is 21.5 Å². The quantitative estimate of drug-likeness (QED) is 0.110. The van der Waals surface area contributed by atoms with Crippen LogP contribution >= 0.6 is 11.3 Å². The summed E-state index contributed by atoms with van der Waals surface area (Å²) in [7, 11) is 0. The number of aryl methyl sites for hydroxylation is 2. The molecule has 6 atom stereocenters. The molecule has 2 saturated heterocycles. The molecule has 1 aliphatic carbocycles. The zero-order valence-corrected chi connectivity index (χ0v) is 29.9. The maximum Gasteiger partial charge on any atom is 0.318 e. The van der Waals surface area contributed by atoms with Crippen LogP contribution in [0, 0.1) is 25.7 Å². The van der Waals surface area contributed by atoms with Crippen molar-refractivity contribution in [2.75, 3.05) is 26.2 Å². The van der Waals surface area contributed by atoms with Crippen LogP contribution < -0.4 is 11.1 Å². The van der Waals surface area contributed by atoms with Crippen molar-refractivity contribution in [1.29, 1.82) is 0 Å². The predicted octanol–water partition coefficient (Wildman–Crippen LogP) is 6.72. The maximum atomic E-state index is 14.1. The highest BCUT2D eigenvalue weighted by molar-refractivity contribution is 7.19. The van der Waals surface area contributed by atoms with E-state index in [1.54, 1.807) is 18.3 Å². The van der Waals surface area contributed by atoms with Crippen molar-refractivity contribution < 1.29 is 14.1 Å². The minimum absolute atomic E-state index is 0.00913. The Balaban J connectivity index is 1.23. The summed E-state index contributed by atoms with van der Waals surface area (Å²) < 4.78 is 0.0864. The number of likely N-dealkylation sites (tertiary alicyclic amines) is 1. The van der Waals surface area contributed by atoms with Crippen LogP contribution in [0.1, 0.15) is 85.9 Å². The number of pyridine rings is 1. The van der Waals surface area contributed by atoms with Crippen LogP contribution in [0.15, 0.2) is 53.8 Å². The summed E-state index contributed by atoms with van der Waals surface area (Å²) in [5.74, 6) is 1.58. The third-order valence-electron chi connectivity index (χ3n) is 11.6. The number of rotatable bonds is 8. The molecule has 7 rings (SSSR count). The molecule has 1 amide bonds. The van der Waals surface area contributed by atoms with Crippen LogP contribution in [0.3, 0.4) is 0 Å². The van der Waals surface area contributed by atoms with Crippen LogP contribution in [0.5, 0.6) is 0 Å². The number of hydrogen-bond acceptors (Lipinski definition) is 6. The molecule has 0 spiro atoms. The number of carbonyl (C=O) groups excluding carboxylic acids is 2. The van der Waals surface area contributed by atoms with Gasteiger partial charge in [-0.15, -0.1) is 11.3 Å². The first kappa shape index (κ1) is 32.9. The van der Waals surface area contributed by atoms with Crippen LogP contribution in [0.2, 0.25) is 0 Å². The van der Waals surface area contributed by atoms with E-state index in [1.165, 1.54) is 22.3 Å². The lowest BCUT2D eigenvalue weighted by atomic mass is 9.76. The first-order valence-electron chi connectivity index (χ1n) is 17.5. The average molecular weight is 666 g/mol. The van der Waals surface area contributed by atoms with Gasteiger partial charge in [-0.2, -0.15) is 4.48 Å². The van der Waals surface area contributed by atoms with Crippen LogP contribution in [-0.4, -0.2) is 64.3 Å². The molecule has 5 heterocycles. The highest BCUT2D eigenvalue weighted by Crippen LogP contribution is 2.47. The molecule has 5 unspecified atom stereocenters. The van der Waals surface area contributed by atoms with Gasteiger partial charge >= 0.3 is 11.9 Å². The highest BCUT2D eigenvalue weighted by atomic mass is 32.1. The smallest absolute Gasteiger partial charge is 0.318 e. The van der Waals surface area contributed by atoms with E-state index in [2.05, 4.69) is 74.2 Å². The normalized spacial score (nSPS) is 26.4. The number of nitrogens with one attached hydrogen (secondary N) is 2. The van der Waals surface area contributed by atoms with Gasteiger partial charge in [-0.05, 0) is 100 Å². The van der Waals surface area contributed by atoms with Gasteiger partial charge in [-0.1, -0.05) is 24.1 Å². The number of aromatic amines is 1. The second-order valence-electron chi connectivity index (χ2n) is 15.3. The number of fused-ring (bicyclic) bond motifs is 3. The van der Waals surface area contributed by atoms with Crippen molar-refractivity contribution in [2.24, 2.45) is 22.6 Å². The Kier molecular flexibility index (Phi) is 8.45. The highest BCUT2D eigenvalue weighted by Gasteiger charge is 2.50. The number of hydrogen-bond donors (Lipinski definition) is 3. The molecule has 1 aromatic carbocycles. The number of ketones is 1. The van der Waals surface area contributed by atoms with E-state index in [0.29, 0.717) is 43.3 Å². The fourth-order valence-corrected chi connectivity index (χ4v) is 10.1. The molecule has 9 heteroatoms. The second-order valence-corrected chi connectivity index (χ2v) is 16.3. The zero-order valence-electron chi connectivity index (χ0n) is 29.1. The number of aromatic nitrogens is 2. The molecule has 2 bridgehead atoms. The van der Waals surface area contributed by atoms with Gasteiger partial charge < -0.3 is 16.0 Å². The molecule has 2 aliphatic heterocycles. The first-order chi connectivity index (χ1) is 22.9. The van der Waals surface area contributed by atoms with Crippen molar-refractivity contribution in [3.63, 3.8) is 0 Å². The van der Waals surface area contributed by atoms with E-state index in [4.69, 9.17) is 10.7 Å². The summed E-state index contributed by atoms with van der Waals surface area (Å²) in [6.07, 6.45) is 6.73. The van der Waals surface area contributed by atoms with Crippen molar-refractivity contribution in [3.8, 4) is 11.3 Å². The van der Waals surface area contributed by atoms with Gasteiger partial charge in [0.1, 0.15) is 17.2 Å². The van der Waals surface area contributed by atoms with Gasteiger partial charge in [-0.25, -0.2) is 9.79 Å². The van der Waals surface area contributed by atoms with Gasteiger partial charge in [0, 0.05) is 52.9 Å². The van der Waals surface area contributed by atoms with E-state index in [1.807, 2.05) is 24.5 Å². The van der Waals surface area contributed by atoms with E-state index in [0.717, 1.165) is 52.2 Å². The summed E-state index contributed by atoms with van der Waals surface area (Å²) in [5.41, 5.74) is 13.2. The number of amides is 1. The molecule has 252 valence electrons. The number of carbonyl (C=O) groups is 2. The third kappa shape index (κ3) is 5.53. The molecule has 8 nitrogen and oxygen atoms in total. The Morgan fingerprint density at radius 3 is 2.46 bits per heavy atom. The molecular formula is C39H49N6O2S+. The topological polar surface area (TPSA) is 113 Å². The van der Waals surface area contributed by atoms with Crippen molar-refractivity contribution in [1.82, 2.24) is 15.3 Å². The van der Waals surface area contributed by atoms with E-state index in [-0.39, 0.29) is 28.1 Å². The summed E-state index contributed by atoms with van der Waals surface area (Å²) in [6.45, 7) is 15.0. The maximum absolute atomic E-state index is 14.1. The van der Waals surface area contributed by atoms with Crippen LogP contribution in [0.4, 0.5) is 0 Å². The number of nitrogens with zero attached hydrogens (tertiary/aromatic N) is 3. The third-order valence-corrected chi connectivity index (χ3v) is 13.0. The van der Waals surface area contributed by atoms with Crippen molar-refractivity contribution in [2.45, 2.75) is 84.1 Å². The number of piperidine rings is 1. The summed E-state index contributed by atoms with van der Waals surface area (Å²) in [6, 6.07) is 13.3. The monoisotopic (exact) mass is 665 g/mol. The minimum Gasteiger partial charge on any atom is -0.346 e. The molecule has 1 saturated carbocycles. The Labute approximate surface area is 287 Å². The van der Waals surface area contributed by atoms with E-state index >= 15 is 0 Å². The van der Waals surface area contributed by atoms with Crippen molar-refractivity contribution in [3.05, 3.63) is 75.9 Å². The van der Waals surface area contributed by atoms with Gasteiger partial charge in [0.15, 0.2) is 0 Å². The summed E-state index contributed by atoms with van der Waals surface area (Å²) in [5, 5.41) is 4.73. The van der Waals surface area contributed by atoms with E-state index in [9.17, 15) is 9.59 Å². The summed E-state index contributed by atoms with van der Waals surface area (Å²) >= 11 is 1.71. The van der Waals surface area contributed by atoms with Crippen LogP contribution in [-0.2, 0) is 15.0 Å². The standard InChI is InChI=1S/C39H49N6O2S/c1-22-15-23(2)17-29(16-22)35-33(24(3)19-43-38(40)45(25(4)46)14-11-28(21-45)26-9-12-41-13-10-26)30-18-32(48-37(30)44-35)39(5,6)36(47)34-27-7-8-31(34)42-20-27/h9-10,12-13,15-18,24,27-28,31,34,42,44H,7-8,11,14,19-21H2,1-6H3,(H2,40,43)/q+1/t24-,27?,28?,31?,34?,45?/m1/s1. The molecular weight excluding hydrogens is 617 g/mol.